The predicted octanol–water partition coefficient (Wildman–Crippen LogP) is 4.46. The standard InChI is InChI=1S/C19H16F8N6O/c1-10(18(22,23)24)34-16-28-14(32-7-6-17(20,21)9-32)13-15(29-16)33(31-30-13)8-11-4-2-3-5-12(11)19(25,26)27/h2-5,10H,6-9H2,1H3/t10-/m0/s1. The van der Waals surface area contributed by atoms with Gasteiger partial charge >= 0.3 is 18.4 Å². The van der Waals surface area contributed by atoms with Gasteiger partial charge < -0.3 is 9.64 Å². The number of anilines is 1. The van der Waals surface area contributed by atoms with Gasteiger partial charge in [0.15, 0.2) is 23.1 Å². The fourth-order valence-electron chi connectivity index (χ4n) is 3.44. The molecule has 2 aromatic heterocycles. The number of alkyl halides is 8. The number of hydrogen-bond donors (Lipinski definition) is 0. The van der Waals surface area contributed by atoms with Gasteiger partial charge in [0.25, 0.3) is 5.92 Å². The Balaban J connectivity index is 1.79. The number of fused-ring (bicyclic) bond motifs is 1. The van der Waals surface area contributed by atoms with E-state index < -0.39 is 55.5 Å². The van der Waals surface area contributed by atoms with Gasteiger partial charge in [-0.2, -0.15) is 36.3 Å². The topological polar surface area (TPSA) is 69.0 Å². The Morgan fingerprint density at radius 1 is 1.09 bits per heavy atom. The Labute approximate surface area is 186 Å². The molecule has 0 aliphatic carbocycles. The maximum absolute atomic E-state index is 13.8. The Hall–Kier alpha value is -3.26. The van der Waals surface area contributed by atoms with Gasteiger partial charge in [0.05, 0.1) is 18.7 Å². The number of halogens is 8. The van der Waals surface area contributed by atoms with Crippen molar-refractivity contribution in [3.63, 3.8) is 0 Å². The van der Waals surface area contributed by atoms with Crippen LogP contribution in [0.4, 0.5) is 40.9 Å². The molecule has 15 heteroatoms. The molecule has 0 radical (unpaired) electrons. The minimum atomic E-state index is -4.77. The summed E-state index contributed by atoms with van der Waals surface area (Å²) in [5.74, 6) is -3.32. The summed E-state index contributed by atoms with van der Waals surface area (Å²) in [6.07, 6.45) is -12.3. The average molecular weight is 496 g/mol. The van der Waals surface area contributed by atoms with Gasteiger partial charge in [-0.15, -0.1) is 5.10 Å². The van der Waals surface area contributed by atoms with E-state index in [0.717, 1.165) is 15.6 Å². The van der Waals surface area contributed by atoms with Crippen LogP contribution in [0.1, 0.15) is 24.5 Å². The van der Waals surface area contributed by atoms with E-state index in [0.29, 0.717) is 6.92 Å². The summed E-state index contributed by atoms with van der Waals surface area (Å²) in [5.41, 5.74) is -1.58. The lowest BCUT2D eigenvalue weighted by Gasteiger charge is -2.20. The van der Waals surface area contributed by atoms with E-state index in [1.807, 2.05) is 0 Å². The van der Waals surface area contributed by atoms with E-state index in [9.17, 15) is 35.1 Å². The van der Waals surface area contributed by atoms with Gasteiger partial charge in [-0.05, 0) is 18.6 Å². The monoisotopic (exact) mass is 496 g/mol. The van der Waals surface area contributed by atoms with Crippen molar-refractivity contribution in [1.29, 1.82) is 0 Å². The average Bonchev–Trinajstić information content (AvgIpc) is 3.29. The van der Waals surface area contributed by atoms with Crippen LogP contribution in [-0.4, -0.2) is 56.3 Å². The SMILES string of the molecule is C[C@H](Oc1nc(N2CCC(F)(F)C2)c2nnn(Cc3ccccc3C(F)(F)F)c2n1)C(F)(F)F. The first-order valence-corrected chi connectivity index (χ1v) is 9.87. The lowest BCUT2D eigenvalue weighted by molar-refractivity contribution is -0.190. The van der Waals surface area contributed by atoms with Crippen LogP contribution in [0.5, 0.6) is 6.01 Å². The van der Waals surface area contributed by atoms with E-state index in [-0.39, 0.29) is 29.1 Å². The lowest BCUT2D eigenvalue weighted by atomic mass is 10.1. The summed E-state index contributed by atoms with van der Waals surface area (Å²) in [6, 6.07) is 3.83. The third-order valence-corrected chi connectivity index (χ3v) is 5.18. The quantitative estimate of drug-likeness (QED) is 0.486. The number of hydrogen-bond acceptors (Lipinski definition) is 6. The number of ether oxygens (including phenoxy) is 1. The van der Waals surface area contributed by atoms with E-state index in [1.165, 1.54) is 18.2 Å². The zero-order valence-corrected chi connectivity index (χ0v) is 17.3. The van der Waals surface area contributed by atoms with Gasteiger partial charge in [0.2, 0.25) is 0 Å². The van der Waals surface area contributed by atoms with Crippen LogP contribution >= 0.6 is 0 Å². The molecule has 34 heavy (non-hydrogen) atoms. The van der Waals surface area contributed by atoms with E-state index >= 15 is 0 Å². The first-order valence-electron chi connectivity index (χ1n) is 9.87. The summed E-state index contributed by atoms with van der Waals surface area (Å²) >= 11 is 0. The molecule has 0 unspecified atom stereocenters. The molecule has 7 nitrogen and oxygen atoms in total. The van der Waals surface area contributed by atoms with E-state index in [2.05, 4.69) is 20.3 Å². The zero-order valence-electron chi connectivity index (χ0n) is 17.3. The molecule has 0 N–H and O–H groups in total. The number of rotatable bonds is 5. The fraction of sp³-hybridized carbons (Fsp3) is 0.474. The summed E-state index contributed by atoms with van der Waals surface area (Å²) in [7, 11) is 0. The number of aromatic nitrogens is 5. The van der Waals surface area contributed by atoms with Crippen molar-refractivity contribution in [2.75, 3.05) is 18.0 Å². The first kappa shape index (κ1) is 23.9. The lowest BCUT2D eigenvalue weighted by Crippen LogP contribution is -2.32. The summed E-state index contributed by atoms with van der Waals surface area (Å²) < 4.78 is 112. The highest BCUT2D eigenvalue weighted by molar-refractivity contribution is 5.83. The van der Waals surface area contributed by atoms with Crippen LogP contribution in [0.2, 0.25) is 0 Å². The molecule has 1 aliphatic heterocycles. The Morgan fingerprint density at radius 3 is 2.41 bits per heavy atom. The minimum Gasteiger partial charge on any atom is -0.451 e. The van der Waals surface area contributed by atoms with E-state index in [1.54, 1.807) is 0 Å². The van der Waals surface area contributed by atoms with Crippen molar-refractivity contribution in [1.82, 2.24) is 25.0 Å². The Morgan fingerprint density at radius 2 is 1.79 bits per heavy atom. The van der Waals surface area contributed by atoms with Crippen molar-refractivity contribution in [2.24, 2.45) is 0 Å². The molecular formula is C19H16F8N6O. The van der Waals surface area contributed by atoms with Gasteiger partial charge in [0.1, 0.15) is 0 Å². The maximum Gasteiger partial charge on any atom is 0.425 e. The molecule has 1 fully saturated rings. The Kier molecular flexibility index (Phi) is 5.76. The summed E-state index contributed by atoms with van der Waals surface area (Å²) in [6.45, 7) is -0.756. The van der Waals surface area contributed by atoms with Crippen LogP contribution in [0.25, 0.3) is 11.2 Å². The van der Waals surface area contributed by atoms with Crippen LogP contribution in [0, 0.1) is 0 Å². The highest BCUT2D eigenvalue weighted by Gasteiger charge is 2.41. The number of benzene rings is 1. The molecule has 3 aromatic rings. The molecule has 1 atom stereocenters. The Bertz CT molecular complexity index is 1190. The zero-order chi connectivity index (χ0) is 24.9. The summed E-state index contributed by atoms with van der Waals surface area (Å²) in [4.78, 5) is 8.79. The second-order valence-electron chi connectivity index (χ2n) is 7.73. The molecular weight excluding hydrogens is 480 g/mol. The van der Waals surface area contributed by atoms with Crippen LogP contribution in [0.15, 0.2) is 24.3 Å². The third kappa shape index (κ3) is 4.82. The molecule has 1 aromatic carbocycles. The highest BCUT2D eigenvalue weighted by atomic mass is 19.4. The van der Waals surface area contributed by atoms with Crippen LogP contribution < -0.4 is 9.64 Å². The molecule has 0 bridgehead atoms. The maximum atomic E-state index is 13.8. The second-order valence-corrected chi connectivity index (χ2v) is 7.73. The van der Waals surface area contributed by atoms with E-state index in [4.69, 9.17) is 4.74 Å². The molecule has 0 spiro atoms. The fourth-order valence-corrected chi connectivity index (χ4v) is 3.44. The van der Waals surface area contributed by atoms with Crippen molar-refractivity contribution in [3.05, 3.63) is 35.4 Å². The van der Waals surface area contributed by atoms with Gasteiger partial charge in [0, 0.05) is 13.0 Å². The second kappa shape index (κ2) is 8.20. The van der Waals surface area contributed by atoms with Gasteiger partial charge in [-0.25, -0.2) is 13.5 Å². The number of nitrogens with zero attached hydrogens (tertiary/aromatic N) is 6. The minimum absolute atomic E-state index is 0.158. The van der Waals surface area contributed by atoms with Crippen LogP contribution in [0.3, 0.4) is 0 Å². The van der Waals surface area contributed by atoms with Crippen molar-refractivity contribution < 1.29 is 39.9 Å². The molecule has 0 saturated carbocycles. The van der Waals surface area contributed by atoms with Gasteiger partial charge in [-0.3, -0.25) is 0 Å². The molecule has 4 rings (SSSR count). The smallest absolute Gasteiger partial charge is 0.425 e. The predicted molar refractivity (Wildman–Crippen MR) is 102 cm³/mol. The normalized spacial score (nSPS) is 17.4. The van der Waals surface area contributed by atoms with Gasteiger partial charge in [-0.1, -0.05) is 23.4 Å². The van der Waals surface area contributed by atoms with Crippen molar-refractivity contribution >= 4 is 17.0 Å². The molecule has 184 valence electrons. The molecule has 3 heterocycles. The first-order chi connectivity index (χ1) is 15.7. The highest BCUT2D eigenvalue weighted by Crippen LogP contribution is 2.35. The van der Waals surface area contributed by atoms with Crippen molar-refractivity contribution in [2.45, 2.75) is 44.3 Å². The molecule has 1 saturated heterocycles. The molecule has 0 amide bonds. The van der Waals surface area contributed by atoms with Crippen molar-refractivity contribution in [3.8, 4) is 6.01 Å². The molecule has 1 aliphatic rings. The van der Waals surface area contributed by atoms with Crippen LogP contribution in [-0.2, 0) is 12.7 Å². The summed E-state index contributed by atoms with van der Waals surface area (Å²) in [5, 5.41) is 7.57. The largest absolute Gasteiger partial charge is 0.451 e. The third-order valence-electron chi connectivity index (χ3n) is 5.18.